The summed E-state index contributed by atoms with van der Waals surface area (Å²) in [7, 11) is 0. The van der Waals surface area contributed by atoms with Crippen molar-refractivity contribution < 1.29 is 8.83 Å². The second-order valence-electron chi connectivity index (χ2n) is 24.0. The van der Waals surface area contributed by atoms with Crippen LogP contribution in [0.25, 0.3) is 186 Å². The van der Waals surface area contributed by atoms with Gasteiger partial charge in [0.2, 0.25) is 11.4 Å². The molecule has 6 aromatic heterocycles. The first-order valence-corrected chi connectivity index (χ1v) is 31.5. The standard InChI is InChI=1S/2C43H25N3O/c1-44-35-16-10-15-29(42(35)46-36-17-6-2-11-30(36)31-12-3-7-18-37(31)46)27-21-23-28(24-22-27)45-38-19-8-4-14-34(38)41-39(45)26-25-33-32-13-5-9-20-40(32)47-43(33)41;1-44-34-16-10-15-29(43(34)46-35-17-6-2-11-30(35)31-12-3-7-18-36(31)46)27-21-23-28(24-22-27)45-37-19-8-4-13-32(37)41-38(45)25-26-40-42(41)33-14-5-9-20-39(33)47-40/h2*2-26H. The van der Waals surface area contributed by atoms with Crippen LogP contribution in [0.15, 0.2) is 312 Å². The van der Waals surface area contributed by atoms with Gasteiger partial charge in [-0.3, -0.25) is 0 Å². The fourth-order valence-electron chi connectivity index (χ4n) is 15.2. The van der Waals surface area contributed by atoms with E-state index in [1.165, 1.54) is 32.3 Å². The van der Waals surface area contributed by atoms with Gasteiger partial charge >= 0.3 is 0 Å². The number of rotatable bonds is 6. The minimum Gasteiger partial charge on any atom is -0.456 e. The number of furan rings is 2. The molecule has 94 heavy (non-hydrogen) atoms. The second-order valence-corrected chi connectivity index (χ2v) is 24.0. The Kier molecular flexibility index (Phi) is 11.6. The Labute approximate surface area is 537 Å². The highest BCUT2D eigenvalue weighted by Crippen LogP contribution is 2.47. The molecule has 6 heterocycles. The van der Waals surface area contributed by atoms with E-state index in [-0.39, 0.29) is 0 Å². The van der Waals surface area contributed by atoms with E-state index in [1.807, 2.05) is 48.5 Å². The minimum absolute atomic E-state index is 0.621. The van der Waals surface area contributed by atoms with Crippen LogP contribution in [0.2, 0.25) is 0 Å². The molecule has 436 valence electrons. The Hall–Kier alpha value is -13.1. The van der Waals surface area contributed by atoms with E-state index >= 15 is 0 Å². The van der Waals surface area contributed by atoms with Crippen LogP contribution in [0.5, 0.6) is 0 Å². The number of fused-ring (bicyclic) bond motifs is 20. The van der Waals surface area contributed by atoms with Crippen LogP contribution >= 0.6 is 0 Å². The first-order chi connectivity index (χ1) is 46.6. The minimum atomic E-state index is 0.621. The highest BCUT2D eigenvalue weighted by Gasteiger charge is 2.24. The molecule has 0 aliphatic carbocycles. The molecule has 0 N–H and O–H groups in total. The van der Waals surface area contributed by atoms with Gasteiger partial charge in [-0.25, -0.2) is 9.69 Å². The van der Waals surface area contributed by atoms with Gasteiger partial charge in [0.25, 0.3) is 0 Å². The highest BCUT2D eigenvalue weighted by atomic mass is 16.3. The molecule has 0 fully saturated rings. The summed E-state index contributed by atoms with van der Waals surface area (Å²) in [6, 6.07) is 106. The molecule has 8 nitrogen and oxygen atoms in total. The van der Waals surface area contributed by atoms with Crippen molar-refractivity contribution in [3.63, 3.8) is 0 Å². The van der Waals surface area contributed by atoms with Crippen molar-refractivity contribution in [2.45, 2.75) is 0 Å². The zero-order valence-electron chi connectivity index (χ0n) is 50.4. The van der Waals surface area contributed by atoms with Crippen LogP contribution in [0.4, 0.5) is 11.4 Å². The molecule has 0 atom stereocenters. The third-order valence-corrected chi connectivity index (χ3v) is 19.1. The van der Waals surface area contributed by atoms with Gasteiger partial charge in [0.05, 0.1) is 74.0 Å². The van der Waals surface area contributed by atoms with Crippen molar-refractivity contribution in [1.82, 2.24) is 18.3 Å². The summed E-state index contributed by atoms with van der Waals surface area (Å²) in [5.74, 6) is 0. The lowest BCUT2D eigenvalue weighted by Gasteiger charge is -2.17. The number of hydrogen-bond acceptors (Lipinski definition) is 2. The molecule has 14 aromatic carbocycles. The van der Waals surface area contributed by atoms with Crippen molar-refractivity contribution in [2.24, 2.45) is 0 Å². The van der Waals surface area contributed by atoms with E-state index in [9.17, 15) is 0 Å². The second kappa shape index (κ2) is 20.7. The quantitative estimate of drug-likeness (QED) is 0.156. The van der Waals surface area contributed by atoms with E-state index in [2.05, 4.69) is 283 Å². The van der Waals surface area contributed by atoms with Gasteiger partial charge in [0.1, 0.15) is 22.3 Å². The molecule has 0 radical (unpaired) electrons. The number of nitrogens with zero attached hydrogens (tertiary/aromatic N) is 6. The lowest BCUT2D eigenvalue weighted by atomic mass is 10.0. The molecule has 0 saturated carbocycles. The molecule has 0 bridgehead atoms. The zero-order valence-corrected chi connectivity index (χ0v) is 50.4. The van der Waals surface area contributed by atoms with Crippen molar-refractivity contribution >= 4 is 142 Å². The third kappa shape index (κ3) is 7.72. The molecule has 20 rings (SSSR count). The maximum atomic E-state index is 8.14. The lowest BCUT2D eigenvalue weighted by Crippen LogP contribution is -1.98. The summed E-state index contributed by atoms with van der Waals surface area (Å²) >= 11 is 0. The van der Waals surface area contributed by atoms with Crippen molar-refractivity contribution in [3.05, 3.63) is 326 Å². The summed E-state index contributed by atoms with van der Waals surface area (Å²) in [5, 5.41) is 13.9. The van der Waals surface area contributed by atoms with Gasteiger partial charge < -0.3 is 27.1 Å². The summed E-state index contributed by atoms with van der Waals surface area (Å²) in [5.41, 5.74) is 21.8. The van der Waals surface area contributed by atoms with E-state index in [1.54, 1.807) is 0 Å². The average molecular weight is 1200 g/mol. The van der Waals surface area contributed by atoms with Crippen molar-refractivity contribution in [1.29, 1.82) is 0 Å². The Balaban J connectivity index is 0.000000133. The van der Waals surface area contributed by atoms with Gasteiger partial charge in [-0.2, -0.15) is 0 Å². The largest absolute Gasteiger partial charge is 0.456 e. The highest BCUT2D eigenvalue weighted by molar-refractivity contribution is 6.28. The van der Waals surface area contributed by atoms with Gasteiger partial charge in [-0.1, -0.05) is 206 Å². The summed E-state index contributed by atoms with van der Waals surface area (Å²) in [6.45, 7) is 16.3. The van der Waals surface area contributed by atoms with Gasteiger partial charge in [-0.05, 0) is 119 Å². The average Bonchev–Trinajstić information content (AvgIpc) is 1.57. The number of hydrogen-bond donors (Lipinski definition) is 0. The fourth-order valence-corrected chi connectivity index (χ4v) is 15.2. The first-order valence-electron chi connectivity index (χ1n) is 31.5. The van der Waals surface area contributed by atoms with Crippen LogP contribution in [0.1, 0.15) is 0 Å². The van der Waals surface area contributed by atoms with Crippen LogP contribution in [-0.4, -0.2) is 18.3 Å². The zero-order chi connectivity index (χ0) is 62.1. The van der Waals surface area contributed by atoms with Crippen LogP contribution < -0.4 is 0 Å². The smallest absolute Gasteiger partial charge is 0.211 e. The molecular weight excluding hydrogens is 1150 g/mol. The molecule has 0 amide bonds. The number of benzene rings is 14. The monoisotopic (exact) mass is 1200 g/mol. The van der Waals surface area contributed by atoms with Crippen molar-refractivity contribution in [3.8, 4) is 45.0 Å². The fraction of sp³-hybridized carbons (Fsp3) is 0. The predicted molar refractivity (Wildman–Crippen MR) is 388 cm³/mol. The molecule has 0 aliphatic rings. The van der Waals surface area contributed by atoms with E-state index in [0.717, 1.165) is 144 Å². The molecular formula is C86H50N6O2. The van der Waals surface area contributed by atoms with E-state index in [0.29, 0.717) is 11.4 Å². The molecule has 20 aromatic rings. The Bertz CT molecular complexity index is 6520. The predicted octanol–water partition coefficient (Wildman–Crippen LogP) is 24.0. The Morgan fingerprint density at radius 3 is 1.07 bits per heavy atom. The summed E-state index contributed by atoms with van der Waals surface area (Å²) in [6.07, 6.45) is 0. The maximum Gasteiger partial charge on any atom is 0.211 e. The van der Waals surface area contributed by atoms with Crippen LogP contribution in [-0.2, 0) is 0 Å². The number of aromatic nitrogens is 4. The lowest BCUT2D eigenvalue weighted by molar-refractivity contribution is 0.669. The maximum absolute atomic E-state index is 8.14. The SMILES string of the molecule is [C-]#[N+]c1cccc(-c2ccc(-n3c4ccccc4c4c5c(ccc43)oc3ccccc35)cc2)c1-n1c2ccccc2c2ccccc21.[C-]#[N+]c1cccc(-c2ccc(-n3c4ccccc4c4c5oc6ccccc6c5ccc43)cc2)c1-n1c2ccccc2c2ccccc21. The van der Waals surface area contributed by atoms with E-state index in [4.69, 9.17) is 22.0 Å². The van der Waals surface area contributed by atoms with Crippen LogP contribution in [0, 0.1) is 13.1 Å². The van der Waals surface area contributed by atoms with Gasteiger partial charge in [0.15, 0.2) is 0 Å². The Morgan fingerprint density at radius 2 is 0.606 bits per heavy atom. The van der Waals surface area contributed by atoms with E-state index < -0.39 is 0 Å². The van der Waals surface area contributed by atoms with Crippen LogP contribution in [0.3, 0.4) is 0 Å². The Morgan fingerprint density at radius 1 is 0.234 bits per heavy atom. The summed E-state index contributed by atoms with van der Waals surface area (Å²) in [4.78, 5) is 8.02. The van der Waals surface area contributed by atoms with Gasteiger partial charge in [0, 0.05) is 70.6 Å². The topological polar surface area (TPSA) is 54.7 Å². The summed E-state index contributed by atoms with van der Waals surface area (Å²) < 4.78 is 21.9. The normalized spacial score (nSPS) is 11.8. The molecule has 0 saturated heterocycles. The molecule has 0 spiro atoms. The van der Waals surface area contributed by atoms with Crippen molar-refractivity contribution in [2.75, 3.05) is 0 Å². The molecule has 0 aliphatic heterocycles. The van der Waals surface area contributed by atoms with Gasteiger partial charge in [-0.15, -0.1) is 0 Å². The molecule has 8 heteroatoms. The first kappa shape index (κ1) is 52.8. The number of para-hydroxylation sites is 10. The third-order valence-electron chi connectivity index (χ3n) is 19.1. The molecule has 0 unspecified atom stereocenters.